The summed E-state index contributed by atoms with van der Waals surface area (Å²) in [5.74, 6) is 2.31. The van der Waals surface area contributed by atoms with E-state index in [0.29, 0.717) is 39.9 Å². The molecule has 0 fully saturated rings. The molecule has 0 aromatic heterocycles. The van der Waals surface area contributed by atoms with Gasteiger partial charge in [0.05, 0.1) is 41.1 Å². The number of hydrogen-bond acceptors (Lipinski definition) is 6. The van der Waals surface area contributed by atoms with Gasteiger partial charge in [-0.1, -0.05) is 0 Å². The Morgan fingerprint density at radius 3 is 2.00 bits per heavy atom. The minimum Gasteiger partial charge on any atom is -0.497 e. The van der Waals surface area contributed by atoms with E-state index in [9.17, 15) is 4.79 Å². The lowest BCUT2D eigenvalue weighted by molar-refractivity contribution is 0.104. The van der Waals surface area contributed by atoms with Crippen molar-refractivity contribution in [3.8, 4) is 28.7 Å². The zero-order valence-corrected chi connectivity index (χ0v) is 15.5. The maximum absolute atomic E-state index is 12.6. The molecule has 0 heterocycles. The third kappa shape index (κ3) is 3.91. The smallest absolute Gasteiger partial charge is 0.203 e. The van der Waals surface area contributed by atoms with Crippen molar-refractivity contribution in [2.24, 2.45) is 0 Å². The van der Waals surface area contributed by atoms with Gasteiger partial charge in [-0.15, -0.1) is 0 Å². The van der Waals surface area contributed by atoms with Crippen molar-refractivity contribution >= 4 is 11.9 Å². The molecule has 0 bridgehead atoms. The van der Waals surface area contributed by atoms with Crippen molar-refractivity contribution in [1.29, 1.82) is 0 Å². The third-order valence-electron chi connectivity index (χ3n) is 3.82. The largest absolute Gasteiger partial charge is 0.497 e. The molecule has 2 aromatic rings. The third-order valence-corrected chi connectivity index (χ3v) is 3.82. The van der Waals surface area contributed by atoms with Gasteiger partial charge in [0.15, 0.2) is 17.3 Å². The van der Waals surface area contributed by atoms with Crippen molar-refractivity contribution in [2.75, 3.05) is 35.5 Å². The number of hydrogen-bond donors (Lipinski definition) is 0. The van der Waals surface area contributed by atoms with Crippen LogP contribution in [0.2, 0.25) is 0 Å². The lowest BCUT2D eigenvalue weighted by atomic mass is 10.1. The Kier molecular flexibility index (Phi) is 6.49. The fourth-order valence-corrected chi connectivity index (χ4v) is 2.52. The second-order valence-corrected chi connectivity index (χ2v) is 5.19. The highest BCUT2D eigenvalue weighted by atomic mass is 16.5. The number of carbonyl (C=O) groups excluding carboxylic acids is 1. The first-order chi connectivity index (χ1) is 12.6. The normalized spacial score (nSPS) is 10.5. The molecule has 6 nitrogen and oxygen atoms in total. The highest BCUT2D eigenvalue weighted by molar-refractivity contribution is 6.09. The average molecular weight is 358 g/mol. The molecule has 138 valence electrons. The summed E-state index contributed by atoms with van der Waals surface area (Å²) in [7, 11) is 7.66. The molecule has 26 heavy (non-hydrogen) atoms. The molecule has 0 radical (unpaired) electrons. The first-order valence-corrected chi connectivity index (χ1v) is 7.83. The topological polar surface area (TPSA) is 63.2 Å². The second-order valence-electron chi connectivity index (χ2n) is 5.19. The minimum atomic E-state index is -0.224. The van der Waals surface area contributed by atoms with Crippen molar-refractivity contribution in [3.05, 3.63) is 47.5 Å². The molecule has 0 N–H and O–H groups in total. The highest BCUT2D eigenvalue weighted by Crippen LogP contribution is 2.40. The highest BCUT2D eigenvalue weighted by Gasteiger charge is 2.15. The van der Waals surface area contributed by atoms with Gasteiger partial charge in [0.25, 0.3) is 0 Å². The number of methoxy groups -OCH3 is 5. The molecule has 0 saturated heterocycles. The number of ether oxygens (including phenoxy) is 5. The summed E-state index contributed by atoms with van der Waals surface area (Å²) in [6, 6.07) is 8.59. The molecule has 2 aromatic carbocycles. The Bertz CT molecular complexity index is 810. The first kappa shape index (κ1) is 19.2. The summed E-state index contributed by atoms with van der Waals surface area (Å²) in [6.45, 7) is 0. The number of rotatable bonds is 8. The standard InChI is InChI=1S/C20H22O6/c1-22-14-8-11-17(23-2)15(12-14)16(21)9-6-13-7-10-18(24-3)20(26-5)19(13)25-4/h6-12H,1-5H3. The summed E-state index contributed by atoms with van der Waals surface area (Å²) in [6.07, 6.45) is 3.10. The van der Waals surface area contributed by atoms with Gasteiger partial charge >= 0.3 is 0 Å². The molecule has 6 heteroatoms. The van der Waals surface area contributed by atoms with E-state index < -0.39 is 0 Å². The Morgan fingerprint density at radius 1 is 0.769 bits per heavy atom. The van der Waals surface area contributed by atoms with E-state index in [-0.39, 0.29) is 5.78 Å². The van der Waals surface area contributed by atoms with E-state index >= 15 is 0 Å². The quantitative estimate of drug-likeness (QED) is 0.530. The van der Waals surface area contributed by atoms with Crippen LogP contribution in [-0.2, 0) is 0 Å². The number of carbonyl (C=O) groups is 1. The molecule has 0 saturated carbocycles. The molecule has 0 aliphatic heterocycles. The maximum Gasteiger partial charge on any atom is 0.203 e. The van der Waals surface area contributed by atoms with Crippen molar-refractivity contribution in [2.45, 2.75) is 0 Å². The summed E-state index contributed by atoms with van der Waals surface area (Å²) < 4.78 is 26.5. The fourth-order valence-electron chi connectivity index (χ4n) is 2.52. The summed E-state index contributed by atoms with van der Waals surface area (Å²) >= 11 is 0. The van der Waals surface area contributed by atoms with Crippen molar-refractivity contribution in [1.82, 2.24) is 0 Å². The van der Waals surface area contributed by atoms with E-state index in [1.807, 2.05) is 0 Å². The molecule has 0 spiro atoms. The van der Waals surface area contributed by atoms with E-state index in [0.717, 1.165) is 0 Å². The maximum atomic E-state index is 12.6. The second kappa shape index (κ2) is 8.80. The predicted octanol–water partition coefficient (Wildman–Crippen LogP) is 3.63. The van der Waals surface area contributed by atoms with Crippen LogP contribution < -0.4 is 23.7 Å². The molecule has 2 rings (SSSR count). The molecule has 0 aliphatic carbocycles. The molecule has 0 amide bonds. The lowest BCUT2D eigenvalue weighted by Crippen LogP contribution is -2.00. The molecule has 0 aliphatic rings. The van der Waals surface area contributed by atoms with Crippen LogP contribution in [0.4, 0.5) is 0 Å². The summed E-state index contributed by atoms with van der Waals surface area (Å²) in [4.78, 5) is 12.6. The van der Waals surface area contributed by atoms with Crippen molar-refractivity contribution in [3.63, 3.8) is 0 Å². The summed E-state index contributed by atoms with van der Waals surface area (Å²) in [5, 5.41) is 0. The van der Waals surface area contributed by atoms with Crippen LogP contribution >= 0.6 is 0 Å². The average Bonchev–Trinajstić information content (AvgIpc) is 2.70. The Balaban J connectivity index is 2.40. The Hall–Kier alpha value is -3.15. The predicted molar refractivity (Wildman–Crippen MR) is 99.0 cm³/mol. The van der Waals surface area contributed by atoms with E-state index in [1.165, 1.54) is 27.4 Å². The monoisotopic (exact) mass is 358 g/mol. The van der Waals surface area contributed by atoms with Gasteiger partial charge in [0.2, 0.25) is 5.75 Å². The Morgan fingerprint density at radius 2 is 1.42 bits per heavy atom. The Labute approximate surface area is 152 Å². The van der Waals surface area contributed by atoms with Crippen LogP contribution in [0.15, 0.2) is 36.4 Å². The zero-order chi connectivity index (χ0) is 19.1. The fraction of sp³-hybridized carbons (Fsp3) is 0.250. The van der Waals surface area contributed by atoms with Crippen LogP contribution in [0.1, 0.15) is 15.9 Å². The molecular formula is C20H22O6. The van der Waals surface area contributed by atoms with Gasteiger partial charge in [-0.3, -0.25) is 4.79 Å². The van der Waals surface area contributed by atoms with E-state index in [2.05, 4.69) is 0 Å². The van der Waals surface area contributed by atoms with Gasteiger partial charge in [0, 0.05) is 5.56 Å². The van der Waals surface area contributed by atoms with Crippen LogP contribution in [0, 0.1) is 0 Å². The molecule has 0 unspecified atom stereocenters. The van der Waals surface area contributed by atoms with Gasteiger partial charge in [-0.2, -0.15) is 0 Å². The summed E-state index contributed by atoms with van der Waals surface area (Å²) in [5.41, 5.74) is 1.09. The zero-order valence-electron chi connectivity index (χ0n) is 15.5. The van der Waals surface area contributed by atoms with Gasteiger partial charge in [0.1, 0.15) is 11.5 Å². The van der Waals surface area contributed by atoms with E-state index in [4.69, 9.17) is 23.7 Å². The van der Waals surface area contributed by atoms with Crippen LogP contribution in [0.25, 0.3) is 6.08 Å². The lowest BCUT2D eigenvalue weighted by Gasteiger charge is -2.14. The first-order valence-electron chi connectivity index (χ1n) is 7.83. The molecular weight excluding hydrogens is 336 g/mol. The van der Waals surface area contributed by atoms with Gasteiger partial charge < -0.3 is 23.7 Å². The SMILES string of the molecule is COc1ccc(OC)c(C(=O)C=Cc2ccc(OC)c(OC)c2OC)c1. The van der Waals surface area contributed by atoms with Gasteiger partial charge in [-0.25, -0.2) is 0 Å². The minimum absolute atomic E-state index is 0.224. The van der Waals surface area contributed by atoms with Crippen LogP contribution in [0.3, 0.4) is 0 Å². The van der Waals surface area contributed by atoms with Crippen molar-refractivity contribution < 1.29 is 28.5 Å². The van der Waals surface area contributed by atoms with Crippen LogP contribution in [0.5, 0.6) is 28.7 Å². The number of benzene rings is 2. The van der Waals surface area contributed by atoms with Gasteiger partial charge in [-0.05, 0) is 42.5 Å². The van der Waals surface area contributed by atoms with E-state index in [1.54, 1.807) is 50.6 Å². The molecule has 0 atom stereocenters. The number of ketones is 1. The number of allylic oxidation sites excluding steroid dienone is 1. The van der Waals surface area contributed by atoms with Crippen LogP contribution in [-0.4, -0.2) is 41.3 Å².